The Balaban J connectivity index is 2.11. The Hall–Kier alpha value is -2.30. The zero-order valence-corrected chi connectivity index (χ0v) is 12.1. The van der Waals surface area contributed by atoms with Gasteiger partial charge in [0.25, 0.3) is 5.91 Å². The molecule has 0 atom stereocenters. The maximum Gasteiger partial charge on any atom is 0.271 e. The molecule has 0 aliphatic rings. The van der Waals surface area contributed by atoms with Crippen molar-refractivity contribution in [3.8, 4) is 5.69 Å². The maximum atomic E-state index is 12.0. The molecule has 1 heterocycles. The predicted octanol–water partition coefficient (Wildman–Crippen LogP) is 2.23. The van der Waals surface area contributed by atoms with Gasteiger partial charge in [0.15, 0.2) is 5.69 Å². The Bertz CT molecular complexity index is 610. The van der Waals surface area contributed by atoms with Gasteiger partial charge in [-0.3, -0.25) is 4.79 Å². The summed E-state index contributed by atoms with van der Waals surface area (Å²) in [6.45, 7) is 6.81. The summed E-state index contributed by atoms with van der Waals surface area (Å²) in [6.07, 6.45) is 1.75. The van der Waals surface area contributed by atoms with Gasteiger partial charge in [0.1, 0.15) is 0 Å². The topological polar surface area (TPSA) is 72.9 Å². The largest absolute Gasteiger partial charge is 0.399 e. The Morgan fingerprint density at radius 3 is 2.75 bits per heavy atom. The fourth-order valence-electron chi connectivity index (χ4n) is 1.69. The van der Waals surface area contributed by atoms with Crippen LogP contribution in [0.4, 0.5) is 5.69 Å². The van der Waals surface area contributed by atoms with E-state index in [9.17, 15) is 4.79 Å². The number of rotatable bonds is 3. The molecule has 106 valence electrons. The van der Waals surface area contributed by atoms with Gasteiger partial charge < -0.3 is 11.1 Å². The van der Waals surface area contributed by atoms with E-state index in [4.69, 9.17) is 5.73 Å². The number of nitrogens with zero attached hydrogens (tertiary/aromatic N) is 2. The van der Waals surface area contributed by atoms with Crippen LogP contribution in [0.5, 0.6) is 0 Å². The summed E-state index contributed by atoms with van der Waals surface area (Å²) in [5.41, 5.74) is 7.68. The lowest BCUT2D eigenvalue weighted by Gasteiger charge is -2.18. The number of carbonyl (C=O) groups is 1. The molecule has 1 amide bonds. The molecule has 2 aromatic rings. The van der Waals surface area contributed by atoms with Crippen LogP contribution in [-0.2, 0) is 0 Å². The molecule has 2 rings (SSSR count). The predicted molar refractivity (Wildman–Crippen MR) is 79.8 cm³/mol. The number of nitrogens with two attached hydrogens (primary N) is 1. The van der Waals surface area contributed by atoms with Gasteiger partial charge in [0, 0.05) is 18.4 Å². The average Bonchev–Trinajstić information content (AvgIpc) is 2.84. The number of benzene rings is 1. The van der Waals surface area contributed by atoms with Crippen LogP contribution in [0, 0.1) is 5.41 Å². The minimum Gasteiger partial charge on any atom is -0.399 e. The summed E-state index contributed by atoms with van der Waals surface area (Å²) in [7, 11) is 0. The highest BCUT2D eigenvalue weighted by atomic mass is 16.1. The minimum absolute atomic E-state index is 0.0477. The molecular weight excluding hydrogens is 252 g/mol. The van der Waals surface area contributed by atoms with Crippen LogP contribution in [-0.4, -0.2) is 22.2 Å². The molecular formula is C15H20N4O. The van der Waals surface area contributed by atoms with Crippen molar-refractivity contribution < 1.29 is 4.79 Å². The summed E-state index contributed by atoms with van der Waals surface area (Å²) in [5.74, 6) is -0.164. The zero-order valence-electron chi connectivity index (χ0n) is 12.1. The van der Waals surface area contributed by atoms with E-state index >= 15 is 0 Å². The highest BCUT2D eigenvalue weighted by Crippen LogP contribution is 2.13. The van der Waals surface area contributed by atoms with Crippen molar-refractivity contribution in [3.05, 3.63) is 42.2 Å². The van der Waals surface area contributed by atoms with E-state index in [1.165, 1.54) is 0 Å². The normalized spacial score (nSPS) is 11.3. The molecule has 3 N–H and O–H groups in total. The Morgan fingerprint density at radius 2 is 2.10 bits per heavy atom. The molecule has 0 aliphatic carbocycles. The van der Waals surface area contributed by atoms with Crippen molar-refractivity contribution in [2.45, 2.75) is 20.8 Å². The van der Waals surface area contributed by atoms with Gasteiger partial charge in [-0.25, -0.2) is 4.68 Å². The van der Waals surface area contributed by atoms with Gasteiger partial charge in [-0.1, -0.05) is 26.8 Å². The van der Waals surface area contributed by atoms with E-state index in [2.05, 4.69) is 31.2 Å². The molecule has 0 bridgehead atoms. The minimum atomic E-state index is -0.164. The van der Waals surface area contributed by atoms with Gasteiger partial charge in [0.2, 0.25) is 0 Å². The molecule has 20 heavy (non-hydrogen) atoms. The third kappa shape index (κ3) is 3.60. The van der Waals surface area contributed by atoms with Gasteiger partial charge in [-0.15, -0.1) is 0 Å². The van der Waals surface area contributed by atoms with Crippen LogP contribution in [0.25, 0.3) is 5.69 Å². The molecule has 0 fully saturated rings. The number of aromatic nitrogens is 2. The smallest absolute Gasteiger partial charge is 0.271 e. The van der Waals surface area contributed by atoms with Gasteiger partial charge in [0.05, 0.1) is 5.69 Å². The van der Waals surface area contributed by atoms with Gasteiger partial charge in [-0.05, 0) is 29.7 Å². The van der Waals surface area contributed by atoms with E-state index in [0.29, 0.717) is 17.9 Å². The van der Waals surface area contributed by atoms with E-state index in [0.717, 1.165) is 5.69 Å². The van der Waals surface area contributed by atoms with Crippen LogP contribution in [0.3, 0.4) is 0 Å². The number of hydrogen-bond donors (Lipinski definition) is 2. The second-order valence-corrected chi connectivity index (χ2v) is 5.98. The van der Waals surface area contributed by atoms with E-state index in [1.54, 1.807) is 16.9 Å². The zero-order chi connectivity index (χ0) is 14.8. The van der Waals surface area contributed by atoms with Crippen LogP contribution >= 0.6 is 0 Å². The number of hydrogen-bond acceptors (Lipinski definition) is 3. The van der Waals surface area contributed by atoms with Crippen molar-refractivity contribution in [1.29, 1.82) is 0 Å². The molecule has 0 unspecified atom stereocenters. The molecule has 0 radical (unpaired) electrons. The Kier molecular flexibility index (Phi) is 3.79. The van der Waals surface area contributed by atoms with Gasteiger partial charge >= 0.3 is 0 Å². The first-order chi connectivity index (χ1) is 9.35. The number of amides is 1. The van der Waals surface area contributed by atoms with Crippen molar-refractivity contribution >= 4 is 11.6 Å². The molecule has 0 saturated carbocycles. The Labute approximate surface area is 118 Å². The summed E-state index contributed by atoms with van der Waals surface area (Å²) in [4.78, 5) is 12.0. The summed E-state index contributed by atoms with van der Waals surface area (Å²) >= 11 is 0. The summed E-state index contributed by atoms with van der Waals surface area (Å²) in [6, 6.07) is 9.06. The third-order valence-corrected chi connectivity index (χ3v) is 2.74. The molecule has 0 aliphatic heterocycles. The molecule has 0 saturated heterocycles. The van der Waals surface area contributed by atoms with E-state index in [1.807, 2.05) is 24.3 Å². The second-order valence-electron chi connectivity index (χ2n) is 5.98. The fraction of sp³-hybridized carbons (Fsp3) is 0.333. The lowest BCUT2D eigenvalue weighted by molar-refractivity contribution is 0.0934. The van der Waals surface area contributed by atoms with Crippen LogP contribution in [0.2, 0.25) is 0 Å². The number of anilines is 1. The highest BCUT2D eigenvalue weighted by molar-refractivity contribution is 5.92. The van der Waals surface area contributed by atoms with Crippen LogP contribution in [0.1, 0.15) is 31.3 Å². The van der Waals surface area contributed by atoms with Crippen molar-refractivity contribution in [1.82, 2.24) is 15.1 Å². The van der Waals surface area contributed by atoms with E-state index in [-0.39, 0.29) is 11.3 Å². The highest BCUT2D eigenvalue weighted by Gasteiger charge is 2.15. The van der Waals surface area contributed by atoms with E-state index < -0.39 is 0 Å². The standard InChI is InChI=1S/C15H20N4O/c1-15(2,3)10-17-14(20)13-7-8-19(18-13)12-6-4-5-11(16)9-12/h4-9H,10,16H2,1-3H3,(H,17,20). The first kappa shape index (κ1) is 14.1. The molecule has 5 heteroatoms. The maximum absolute atomic E-state index is 12.0. The lowest BCUT2D eigenvalue weighted by Crippen LogP contribution is -2.32. The lowest BCUT2D eigenvalue weighted by atomic mass is 9.97. The second kappa shape index (κ2) is 5.36. The summed E-state index contributed by atoms with van der Waals surface area (Å²) in [5, 5.41) is 7.15. The quantitative estimate of drug-likeness (QED) is 0.841. The summed E-state index contributed by atoms with van der Waals surface area (Å²) < 4.78 is 1.64. The molecule has 1 aromatic heterocycles. The SMILES string of the molecule is CC(C)(C)CNC(=O)c1ccn(-c2cccc(N)c2)n1. The van der Waals surface area contributed by atoms with Crippen molar-refractivity contribution in [2.75, 3.05) is 12.3 Å². The van der Waals surface area contributed by atoms with Crippen molar-refractivity contribution in [3.63, 3.8) is 0 Å². The number of nitrogens with one attached hydrogen (secondary N) is 1. The van der Waals surface area contributed by atoms with Crippen LogP contribution < -0.4 is 11.1 Å². The average molecular weight is 272 g/mol. The first-order valence-corrected chi connectivity index (χ1v) is 6.55. The molecule has 1 aromatic carbocycles. The monoisotopic (exact) mass is 272 g/mol. The first-order valence-electron chi connectivity index (χ1n) is 6.55. The third-order valence-electron chi connectivity index (χ3n) is 2.74. The van der Waals surface area contributed by atoms with Crippen molar-refractivity contribution in [2.24, 2.45) is 5.41 Å². The van der Waals surface area contributed by atoms with Crippen LogP contribution in [0.15, 0.2) is 36.5 Å². The number of carbonyl (C=O) groups excluding carboxylic acids is 1. The van der Waals surface area contributed by atoms with Gasteiger partial charge in [-0.2, -0.15) is 5.10 Å². The molecule has 0 spiro atoms. The number of nitrogen functional groups attached to an aromatic ring is 1. The Morgan fingerprint density at radius 1 is 1.35 bits per heavy atom. The fourth-order valence-corrected chi connectivity index (χ4v) is 1.69. The molecule has 5 nitrogen and oxygen atoms in total.